The average Bonchev–Trinajstić information content (AvgIpc) is 2.73. The van der Waals surface area contributed by atoms with Gasteiger partial charge in [-0.3, -0.25) is 0 Å². The molecule has 1 fully saturated rings. The van der Waals surface area contributed by atoms with E-state index in [1.807, 2.05) is 0 Å². The normalized spacial score (nSPS) is 17.1. The number of nitrogens with zero attached hydrogens (tertiary/aromatic N) is 1. The second-order valence-electron chi connectivity index (χ2n) is 4.55. The van der Waals surface area contributed by atoms with Crippen molar-refractivity contribution in [1.82, 2.24) is 5.16 Å². The van der Waals surface area contributed by atoms with Crippen LogP contribution in [0.3, 0.4) is 0 Å². The maximum absolute atomic E-state index is 11.9. The van der Waals surface area contributed by atoms with Crippen LogP contribution in [0.15, 0.2) is 4.52 Å². The summed E-state index contributed by atoms with van der Waals surface area (Å²) in [5.74, 6) is 0.636. The maximum Gasteiger partial charge on any atom is 0.343 e. The van der Waals surface area contributed by atoms with Gasteiger partial charge >= 0.3 is 5.97 Å². The highest BCUT2D eigenvalue weighted by atomic mass is 16.5. The molecule has 0 unspecified atom stereocenters. The van der Waals surface area contributed by atoms with Crippen LogP contribution in [0.1, 0.15) is 66.8 Å². The van der Waals surface area contributed by atoms with E-state index >= 15 is 0 Å². The molecule has 94 valence electrons. The van der Waals surface area contributed by atoms with Crippen molar-refractivity contribution in [1.29, 1.82) is 0 Å². The lowest BCUT2D eigenvalue weighted by Gasteiger charge is -2.19. The molecule has 1 aromatic heterocycles. The number of ether oxygens (including phenoxy) is 1. The van der Waals surface area contributed by atoms with Crippen LogP contribution in [0.4, 0.5) is 0 Å². The topological polar surface area (TPSA) is 52.3 Å². The molecule has 0 aromatic carbocycles. The lowest BCUT2D eigenvalue weighted by molar-refractivity contribution is 0.0522. The first-order valence-electron chi connectivity index (χ1n) is 6.37. The molecule has 0 radical (unpaired) electrons. The van der Waals surface area contributed by atoms with Crippen molar-refractivity contribution in [2.45, 2.75) is 51.9 Å². The minimum Gasteiger partial charge on any atom is -0.462 e. The molecule has 0 saturated heterocycles. The van der Waals surface area contributed by atoms with Gasteiger partial charge in [0.25, 0.3) is 0 Å². The van der Waals surface area contributed by atoms with E-state index < -0.39 is 0 Å². The number of aromatic nitrogens is 1. The van der Waals surface area contributed by atoms with Gasteiger partial charge in [-0.15, -0.1) is 0 Å². The number of hydrogen-bond acceptors (Lipinski definition) is 4. The maximum atomic E-state index is 11.9. The first kappa shape index (κ1) is 12.1. The molecular formula is C13H19NO3. The zero-order valence-electron chi connectivity index (χ0n) is 10.5. The summed E-state index contributed by atoms with van der Waals surface area (Å²) in [5, 5.41) is 4.07. The van der Waals surface area contributed by atoms with E-state index in [1.165, 1.54) is 19.3 Å². The Hall–Kier alpha value is -1.32. The van der Waals surface area contributed by atoms with E-state index in [9.17, 15) is 4.79 Å². The summed E-state index contributed by atoms with van der Waals surface area (Å²) >= 11 is 0. The van der Waals surface area contributed by atoms with Crippen molar-refractivity contribution >= 4 is 5.97 Å². The largest absolute Gasteiger partial charge is 0.462 e. The van der Waals surface area contributed by atoms with Crippen molar-refractivity contribution in [2.24, 2.45) is 0 Å². The average molecular weight is 237 g/mol. The molecule has 4 nitrogen and oxygen atoms in total. The van der Waals surface area contributed by atoms with Gasteiger partial charge in [0.05, 0.1) is 6.61 Å². The molecule has 1 heterocycles. The van der Waals surface area contributed by atoms with Crippen LogP contribution in [-0.4, -0.2) is 17.7 Å². The van der Waals surface area contributed by atoms with Crippen LogP contribution in [0.5, 0.6) is 0 Å². The van der Waals surface area contributed by atoms with E-state index in [0.29, 0.717) is 23.8 Å². The molecule has 0 N–H and O–H groups in total. The minimum absolute atomic E-state index is 0.299. The Kier molecular flexibility index (Phi) is 3.82. The summed E-state index contributed by atoms with van der Waals surface area (Å²) in [6.45, 7) is 3.96. The van der Waals surface area contributed by atoms with Gasteiger partial charge in [0, 0.05) is 5.92 Å². The van der Waals surface area contributed by atoms with Crippen molar-refractivity contribution in [3.8, 4) is 0 Å². The predicted octanol–water partition coefficient (Wildman–Crippen LogP) is 3.21. The Morgan fingerprint density at radius 2 is 2.12 bits per heavy atom. The van der Waals surface area contributed by atoms with Gasteiger partial charge in [-0.1, -0.05) is 24.4 Å². The molecule has 1 aromatic rings. The fraction of sp³-hybridized carbons (Fsp3) is 0.692. The Labute approximate surface area is 101 Å². The summed E-state index contributed by atoms with van der Waals surface area (Å²) in [6.07, 6.45) is 5.89. The summed E-state index contributed by atoms with van der Waals surface area (Å²) in [4.78, 5) is 11.9. The molecule has 0 aliphatic heterocycles. The van der Waals surface area contributed by atoms with Gasteiger partial charge in [0.2, 0.25) is 0 Å². The quantitative estimate of drug-likeness (QED) is 0.757. The lowest BCUT2D eigenvalue weighted by Crippen LogP contribution is -2.13. The second kappa shape index (κ2) is 5.34. The van der Waals surface area contributed by atoms with Gasteiger partial charge in [-0.25, -0.2) is 4.79 Å². The molecule has 0 spiro atoms. The van der Waals surface area contributed by atoms with E-state index in [-0.39, 0.29) is 5.97 Å². The third kappa shape index (κ3) is 2.51. The van der Waals surface area contributed by atoms with E-state index in [2.05, 4.69) is 5.16 Å². The highest BCUT2D eigenvalue weighted by molar-refractivity contribution is 5.91. The summed E-state index contributed by atoms with van der Waals surface area (Å²) in [7, 11) is 0. The van der Waals surface area contributed by atoms with Gasteiger partial charge in [-0.2, -0.15) is 0 Å². The fourth-order valence-electron chi connectivity index (χ4n) is 2.50. The first-order chi connectivity index (χ1) is 8.24. The summed E-state index contributed by atoms with van der Waals surface area (Å²) < 4.78 is 10.2. The van der Waals surface area contributed by atoms with Crippen LogP contribution in [0.2, 0.25) is 0 Å². The highest BCUT2D eigenvalue weighted by Gasteiger charge is 2.28. The zero-order chi connectivity index (χ0) is 12.3. The van der Waals surface area contributed by atoms with Crippen molar-refractivity contribution in [2.75, 3.05) is 6.61 Å². The summed E-state index contributed by atoms with van der Waals surface area (Å²) in [5.41, 5.74) is 1.36. The molecule has 1 aliphatic carbocycles. The van der Waals surface area contributed by atoms with Gasteiger partial charge < -0.3 is 9.26 Å². The van der Waals surface area contributed by atoms with Crippen LogP contribution in [0.25, 0.3) is 0 Å². The second-order valence-corrected chi connectivity index (χ2v) is 4.55. The number of aryl methyl sites for hydroxylation is 1. The predicted molar refractivity (Wildman–Crippen MR) is 63.0 cm³/mol. The Balaban J connectivity index is 2.24. The third-order valence-corrected chi connectivity index (χ3v) is 3.36. The molecule has 0 bridgehead atoms. The van der Waals surface area contributed by atoms with E-state index in [1.54, 1.807) is 13.8 Å². The van der Waals surface area contributed by atoms with Gasteiger partial charge in [0.1, 0.15) is 17.0 Å². The van der Waals surface area contributed by atoms with Gasteiger partial charge in [0.15, 0.2) is 0 Å². The Bertz CT molecular complexity index is 391. The van der Waals surface area contributed by atoms with E-state index in [0.717, 1.165) is 18.5 Å². The standard InChI is InChI=1S/C13H19NO3/c1-3-16-13(15)11-9(2)17-14-12(11)10-7-5-4-6-8-10/h10H,3-8H2,1-2H3. The third-order valence-electron chi connectivity index (χ3n) is 3.36. The number of carbonyl (C=O) groups is 1. The Morgan fingerprint density at radius 3 is 2.76 bits per heavy atom. The highest BCUT2D eigenvalue weighted by Crippen LogP contribution is 2.34. The Morgan fingerprint density at radius 1 is 1.41 bits per heavy atom. The molecule has 4 heteroatoms. The van der Waals surface area contributed by atoms with E-state index in [4.69, 9.17) is 9.26 Å². The zero-order valence-corrected chi connectivity index (χ0v) is 10.5. The molecular weight excluding hydrogens is 218 g/mol. The number of esters is 1. The molecule has 2 rings (SSSR count). The molecule has 1 aliphatic rings. The van der Waals surface area contributed by atoms with Crippen LogP contribution in [-0.2, 0) is 4.74 Å². The van der Waals surface area contributed by atoms with Crippen molar-refractivity contribution in [3.63, 3.8) is 0 Å². The van der Waals surface area contributed by atoms with Crippen LogP contribution >= 0.6 is 0 Å². The number of carbonyl (C=O) groups excluding carboxylic acids is 1. The number of rotatable bonds is 3. The fourth-order valence-corrected chi connectivity index (χ4v) is 2.50. The molecule has 0 amide bonds. The molecule has 1 saturated carbocycles. The van der Waals surface area contributed by atoms with Crippen LogP contribution < -0.4 is 0 Å². The van der Waals surface area contributed by atoms with Gasteiger partial charge in [-0.05, 0) is 26.7 Å². The number of hydrogen-bond donors (Lipinski definition) is 0. The minimum atomic E-state index is -0.299. The van der Waals surface area contributed by atoms with Crippen molar-refractivity contribution in [3.05, 3.63) is 17.0 Å². The monoisotopic (exact) mass is 237 g/mol. The van der Waals surface area contributed by atoms with Crippen molar-refractivity contribution < 1.29 is 14.1 Å². The molecule has 17 heavy (non-hydrogen) atoms. The first-order valence-corrected chi connectivity index (χ1v) is 6.37. The summed E-state index contributed by atoms with van der Waals surface area (Å²) in [6, 6.07) is 0. The SMILES string of the molecule is CCOC(=O)c1c(C2CCCCC2)noc1C. The lowest BCUT2D eigenvalue weighted by atomic mass is 9.85. The molecule has 0 atom stereocenters. The smallest absolute Gasteiger partial charge is 0.343 e. The van der Waals surface area contributed by atoms with Crippen LogP contribution in [0, 0.1) is 6.92 Å².